The van der Waals surface area contributed by atoms with E-state index in [2.05, 4.69) is 0 Å². The van der Waals surface area contributed by atoms with Crippen molar-refractivity contribution in [3.63, 3.8) is 0 Å². The second-order valence-electron chi connectivity index (χ2n) is 7.60. The van der Waals surface area contributed by atoms with Crippen LogP contribution in [0.2, 0.25) is 0 Å². The number of carbonyl (C=O) groups is 1. The van der Waals surface area contributed by atoms with Crippen LogP contribution in [0.1, 0.15) is 26.2 Å². The summed E-state index contributed by atoms with van der Waals surface area (Å²) in [4.78, 5) is 24.3. The molecule has 1 aliphatic rings. The van der Waals surface area contributed by atoms with E-state index in [0.717, 1.165) is 42.9 Å². The van der Waals surface area contributed by atoms with Crippen molar-refractivity contribution in [2.45, 2.75) is 43.6 Å². The summed E-state index contributed by atoms with van der Waals surface area (Å²) in [7, 11) is -3.92. The first kappa shape index (κ1) is 22.0. The van der Waals surface area contributed by atoms with E-state index in [1.807, 2.05) is 0 Å². The van der Waals surface area contributed by atoms with Crippen LogP contribution in [0.4, 0.5) is 4.39 Å². The number of ether oxygens (including phenoxy) is 1. The fourth-order valence-corrected chi connectivity index (χ4v) is 3.80. The molecule has 3 rings (SSSR count). The molecule has 162 valence electrons. The summed E-state index contributed by atoms with van der Waals surface area (Å²) >= 11 is 0. The van der Waals surface area contributed by atoms with E-state index in [1.54, 1.807) is 24.3 Å². The van der Waals surface area contributed by atoms with Crippen LogP contribution in [0.5, 0.6) is 5.75 Å². The van der Waals surface area contributed by atoms with Gasteiger partial charge in [0, 0.05) is 30.6 Å². The fraction of sp³-hybridized carbons (Fsp3) is 0.400. The molecule has 1 atom stereocenters. The summed E-state index contributed by atoms with van der Waals surface area (Å²) in [5.41, 5.74) is 1.39. The Hall–Kier alpha value is -2.72. The number of aryl methyl sites for hydroxylation is 1. The monoisotopic (exact) mass is 438 g/mol. The van der Waals surface area contributed by atoms with Gasteiger partial charge in [0.1, 0.15) is 11.6 Å². The maximum Gasteiger partial charge on any atom is 0.264 e. The van der Waals surface area contributed by atoms with E-state index in [4.69, 9.17) is 9.94 Å². The third-order valence-corrected chi connectivity index (χ3v) is 7.33. The van der Waals surface area contributed by atoms with Gasteiger partial charge in [-0.25, -0.2) is 18.3 Å². The smallest absolute Gasteiger partial charge is 0.264 e. The molecular weight excluding hydrogens is 415 g/mol. The average Bonchev–Trinajstić information content (AvgIpc) is 3.51. The number of hydrogen-bond acceptors (Lipinski definition) is 6. The Labute approximate surface area is 173 Å². The molecule has 0 bridgehead atoms. The van der Waals surface area contributed by atoms with Gasteiger partial charge in [-0.2, -0.15) is 0 Å². The first-order valence-electron chi connectivity index (χ1n) is 9.36. The second-order valence-corrected chi connectivity index (χ2v) is 10.0. The van der Waals surface area contributed by atoms with Crippen molar-refractivity contribution in [1.29, 1.82) is 0 Å². The van der Waals surface area contributed by atoms with Crippen molar-refractivity contribution in [3.8, 4) is 16.9 Å². The highest BCUT2D eigenvalue weighted by atomic mass is 32.2. The molecule has 2 N–H and O–H groups in total. The van der Waals surface area contributed by atoms with Crippen molar-refractivity contribution in [1.82, 2.24) is 10.0 Å². The molecule has 2 aromatic rings. The Morgan fingerprint density at radius 2 is 1.97 bits per heavy atom. The minimum atomic E-state index is -3.92. The number of sulfone groups is 1. The summed E-state index contributed by atoms with van der Waals surface area (Å²) in [5.74, 6) is -1.11. The number of nitrogens with zero attached hydrogens (tertiary/aromatic N) is 1. The molecule has 1 aliphatic carbocycles. The first-order valence-corrected chi connectivity index (χ1v) is 11.3. The minimum absolute atomic E-state index is 0.105. The van der Waals surface area contributed by atoms with Gasteiger partial charge < -0.3 is 9.30 Å². The van der Waals surface area contributed by atoms with Crippen LogP contribution < -0.4 is 15.8 Å². The summed E-state index contributed by atoms with van der Waals surface area (Å²) in [5, 5.41) is 8.86. The first-order chi connectivity index (χ1) is 14.0. The molecule has 1 amide bonds. The van der Waals surface area contributed by atoms with Gasteiger partial charge >= 0.3 is 0 Å². The van der Waals surface area contributed by atoms with E-state index < -0.39 is 31.9 Å². The third-order valence-electron chi connectivity index (χ3n) is 5.30. The van der Waals surface area contributed by atoms with Gasteiger partial charge in [0.25, 0.3) is 11.5 Å². The maximum absolute atomic E-state index is 14.7. The lowest BCUT2D eigenvalue weighted by atomic mass is 10.1. The molecule has 0 saturated heterocycles. The highest BCUT2D eigenvalue weighted by Gasteiger charge is 2.43. The molecule has 0 spiro atoms. The number of amides is 1. The molecule has 0 aliphatic heterocycles. The normalized spacial score (nSPS) is 16.0. The number of benzene rings is 1. The average molecular weight is 438 g/mol. The summed E-state index contributed by atoms with van der Waals surface area (Å²) < 4.78 is 43.4. The summed E-state index contributed by atoms with van der Waals surface area (Å²) in [6, 6.07) is 7.86. The van der Waals surface area contributed by atoms with Crippen molar-refractivity contribution < 1.29 is 27.5 Å². The standard InChI is InChI=1S/C20H23FN2O6S/c1-20(19(25)22-26,30(2,27)28)9-10-23-12-17(21)16(11-18(23)24)13-3-5-14(6-4-13)29-15-7-8-15/h3-6,11-12,15,26H,7-10H2,1-2H3,(H,22,25)/t20-/m1/s1. The molecule has 1 heterocycles. The molecule has 1 aromatic carbocycles. The number of rotatable bonds is 8. The Morgan fingerprint density at radius 1 is 1.33 bits per heavy atom. The lowest BCUT2D eigenvalue weighted by molar-refractivity contribution is -0.131. The van der Waals surface area contributed by atoms with E-state index in [1.165, 1.54) is 5.48 Å². The summed E-state index contributed by atoms with van der Waals surface area (Å²) in [6.45, 7) is 0.899. The van der Waals surface area contributed by atoms with Crippen LogP contribution in [0.15, 0.2) is 41.3 Å². The fourth-order valence-electron chi connectivity index (χ4n) is 2.95. The zero-order valence-electron chi connectivity index (χ0n) is 16.6. The predicted octanol–water partition coefficient (Wildman–Crippen LogP) is 1.89. The van der Waals surface area contributed by atoms with E-state index in [9.17, 15) is 22.4 Å². The largest absolute Gasteiger partial charge is 0.490 e. The maximum atomic E-state index is 14.7. The topological polar surface area (TPSA) is 115 Å². The molecular formula is C20H23FN2O6S. The van der Waals surface area contributed by atoms with E-state index in [-0.39, 0.29) is 24.6 Å². The Morgan fingerprint density at radius 3 is 2.50 bits per heavy atom. The SMILES string of the molecule is C[C@@](CCn1cc(F)c(-c2ccc(OC3CC3)cc2)cc1=O)(C(=O)NO)S(C)(=O)=O. The Balaban J connectivity index is 1.82. The third kappa shape index (κ3) is 4.54. The zero-order chi connectivity index (χ0) is 22.1. The number of hydrogen-bond donors (Lipinski definition) is 2. The molecule has 10 heteroatoms. The lowest BCUT2D eigenvalue weighted by Gasteiger charge is -2.25. The van der Waals surface area contributed by atoms with Crippen LogP contribution >= 0.6 is 0 Å². The van der Waals surface area contributed by atoms with Gasteiger partial charge in [-0.3, -0.25) is 14.8 Å². The Bertz CT molecular complexity index is 1110. The van der Waals surface area contributed by atoms with Crippen LogP contribution in [-0.4, -0.2) is 41.2 Å². The molecule has 1 aromatic heterocycles. The van der Waals surface area contributed by atoms with Gasteiger partial charge in [-0.05, 0) is 43.9 Å². The lowest BCUT2D eigenvalue weighted by Crippen LogP contribution is -2.50. The zero-order valence-corrected chi connectivity index (χ0v) is 17.4. The second kappa shape index (κ2) is 8.19. The number of carbonyl (C=O) groups excluding carboxylic acids is 1. The van der Waals surface area contributed by atoms with Crippen LogP contribution in [-0.2, 0) is 21.2 Å². The predicted molar refractivity (Wildman–Crippen MR) is 108 cm³/mol. The van der Waals surface area contributed by atoms with Crippen LogP contribution in [0.3, 0.4) is 0 Å². The van der Waals surface area contributed by atoms with Crippen molar-refractivity contribution in [2.75, 3.05) is 6.26 Å². The van der Waals surface area contributed by atoms with Crippen LogP contribution in [0.25, 0.3) is 11.1 Å². The van der Waals surface area contributed by atoms with Crippen molar-refractivity contribution in [3.05, 3.63) is 52.7 Å². The number of aromatic nitrogens is 1. The highest BCUT2D eigenvalue weighted by molar-refractivity contribution is 7.92. The molecule has 8 nitrogen and oxygen atoms in total. The molecule has 0 radical (unpaired) electrons. The van der Waals surface area contributed by atoms with Crippen molar-refractivity contribution >= 4 is 15.7 Å². The van der Waals surface area contributed by atoms with E-state index >= 15 is 0 Å². The van der Waals surface area contributed by atoms with Gasteiger partial charge in [0.15, 0.2) is 14.6 Å². The Kier molecular flexibility index (Phi) is 6.00. The van der Waals surface area contributed by atoms with Gasteiger partial charge in [0.05, 0.1) is 6.10 Å². The molecule has 0 unspecified atom stereocenters. The molecule has 1 saturated carbocycles. The quantitative estimate of drug-likeness (QED) is 0.481. The number of hydroxylamine groups is 1. The number of pyridine rings is 1. The molecule has 1 fully saturated rings. The number of halogens is 1. The van der Waals surface area contributed by atoms with Gasteiger partial charge in [-0.15, -0.1) is 0 Å². The molecule has 30 heavy (non-hydrogen) atoms. The number of nitrogens with one attached hydrogen (secondary N) is 1. The minimum Gasteiger partial charge on any atom is -0.490 e. The van der Waals surface area contributed by atoms with Crippen molar-refractivity contribution in [2.24, 2.45) is 0 Å². The summed E-state index contributed by atoms with van der Waals surface area (Å²) in [6.07, 6.45) is 3.78. The van der Waals surface area contributed by atoms with E-state index in [0.29, 0.717) is 11.3 Å². The highest BCUT2D eigenvalue weighted by Crippen LogP contribution is 2.29. The van der Waals surface area contributed by atoms with Gasteiger partial charge in [-0.1, -0.05) is 12.1 Å². The van der Waals surface area contributed by atoms with Crippen LogP contribution in [0, 0.1) is 5.82 Å². The van der Waals surface area contributed by atoms with Gasteiger partial charge in [0.2, 0.25) is 0 Å².